The van der Waals surface area contributed by atoms with E-state index in [-0.39, 0.29) is 35.0 Å². The summed E-state index contributed by atoms with van der Waals surface area (Å²) in [6.45, 7) is 4.71. The smallest absolute Gasteiger partial charge is 0.291 e. The number of hydrogen-bond donors (Lipinski definition) is 2. The van der Waals surface area contributed by atoms with Gasteiger partial charge in [0.1, 0.15) is 4.90 Å². The van der Waals surface area contributed by atoms with Crippen molar-refractivity contribution in [1.82, 2.24) is 10.5 Å². The number of thioether (sulfide) groups is 1. The first-order chi connectivity index (χ1) is 14.5. The lowest BCUT2D eigenvalue weighted by molar-refractivity contribution is -0.0124. The molecule has 1 amide bonds. The molecule has 5 fully saturated rings. The Hall–Kier alpha value is -1.21. The number of rotatable bonds is 8. The molecule has 6 rings (SSSR count). The van der Waals surface area contributed by atoms with Crippen LogP contribution in [0, 0.1) is 29.1 Å². The predicted molar refractivity (Wildman–Crippen MR) is 115 cm³/mol. The average molecular weight is 435 g/mol. The molecule has 0 aliphatic heterocycles. The van der Waals surface area contributed by atoms with E-state index < -0.39 is 0 Å². The Morgan fingerprint density at radius 3 is 2.43 bits per heavy atom. The lowest BCUT2D eigenvalue weighted by atomic mass is 9.54. The fourth-order valence-electron chi connectivity index (χ4n) is 6.47. The summed E-state index contributed by atoms with van der Waals surface area (Å²) in [6.07, 6.45) is 9.51. The number of aliphatic hydroxyl groups is 1. The van der Waals surface area contributed by atoms with Crippen LogP contribution in [0.5, 0.6) is 5.88 Å². The van der Waals surface area contributed by atoms with Crippen LogP contribution < -0.4 is 10.1 Å². The summed E-state index contributed by atoms with van der Waals surface area (Å²) in [4.78, 5) is 13.9. The van der Waals surface area contributed by atoms with Crippen molar-refractivity contribution in [2.24, 2.45) is 29.1 Å². The number of aromatic nitrogens is 1. The molecule has 5 aliphatic rings. The highest BCUT2D eigenvalue weighted by molar-refractivity contribution is 8.00. The molecule has 1 aromatic heterocycles. The van der Waals surface area contributed by atoms with E-state index in [0.717, 1.165) is 31.1 Å². The van der Waals surface area contributed by atoms with Crippen LogP contribution in [0.15, 0.2) is 9.42 Å². The van der Waals surface area contributed by atoms with Gasteiger partial charge in [-0.15, -0.1) is 11.8 Å². The largest absolute Gasteiger partial charge is 0.474 e. The zero-order valence-electron chi connectivity index (χ0n) is 18.1. The van der Waals surface area contributed by atoms with Gasteiger partial charge in [-0.3, -0.25) is 4.79 Å². The number of carbonyl (C=O) groups excluding carboxylic acids is 1. The molecule has 2 N–H and O–H groups in total. The van der Waals surface area contributed by atoms with Crippen LogP contribution >= 0.6 is 11.8 Å². The van der Waals surface area contributed by atoms with Crippen LogP contribution in [0.4, 0.5) is 0 Å². The summed E-state index contributed by atoms with van der Waals surface area (Å²) < 4.78 is 11.5. The molecular formula is C23H34N2O4S. The van der Waals surface area contributed by atoms with E-state index in [1.807, 2.05) is 0 Å². The molecule has 0 radical (unpaired) electrons. The summed E-state index contributed by atoms with van der Waals surface area (Å²) in [5, 5.41) is 17.4. The van der Waals surface area contributed by atoms with Gasteiger partial charge in [0, 0.05) is 16.7 Å². The first-order valence-electron chi connectivity index (χ1n) is 11.7. The minimum absolute atomic E-state index is 0.122. The molecule has 6 nitrogen and oxygen atoms in total. The molecule has 1 aromatic rings. The Kier molecular flexibility index (Phi) is 5.55. The van der Waals surface area contributed by atoms with Crippen molar-refractivity contribution in [3.05, 3.63) is 5.76 Å². The molecule has 166 valence electrons. The summed E-state index contributed by atoms with van der Waals surface area (Å²) in [6, 6.07) is 0.268. The minimum Gasteiger partial charge on any atom is -0.474 e. The van der Waals surface area contributed by atoms with Crippen LogP contribution in [0.1, 0.15) is 75.8 Å². The third kappa shape index (κ3) is 3.77. The van der Waals surface area contributed by atoms with Gasteiger partial charge < -0.3 is 19.7 Å². The number of amides is 1. The topological polar surface area (TPSA) is 84.6 Å². The number of nitrogens with zero attached hydrogens (tertiary/aromatic N) is 1. The molecule has 0 saturated heterocycles. The SMILES string of the molecule is CC(C)Sc1c(OCC2(CO)CCC2)noc1C(=O)NC1C2CC3CC(C2)CC1C3. The summed E-state index contributed by atoms with van der Waals surface area (Å²) in [5.41, 5.74) is -0.165. The molecule has 1 heterocycles. The lowest BCUT2D eigenvalue weighted by Gasteiger charge is -2.54. The number of aliphatic hydroxyl groups excluding tert-OH is 1. The van der Waals surface area contributed by atoms with Gasteiger partial charge in [-0.1, -0.05) is 20.3 Å². The second kappa shape index (κ2) is 8.05. The first-order valence-corrected chi connectivity index (χ1v) is 12.5. The van der Waals surface area contributed by atoms with Crippen molar-refractivity contribution in [1.29, 1.82) is 0 Å². The van der Waals surface area contributed by atoms with Gasteiger partial charge in [0.15, 0.2) is 0 Å². The van der Waals surface area contributed by atoms with Crippen molar-refractivity contribution < 1.29 is 19.2 Å². The van der Waals surface area contributed by atoms with Crippen molar-refractivity contribution in [3.63, 3.8) is 0 Å². The second-order valence-electron chi connectivity index (χ2n) is 10.5. The monoisotopic (exact) mass is 434 g/mol. The van der Waals surface area contributed by atoms with Crippen molar-refractivity contribution in [2.45, 2.75) is 81.4 Å². The molecule has 30 heavy (non-hydrogen) atoms. The van der Waals surface area contributed by atoms with E-state index in [0.29, 0.717) is 29.2 Å². The Labute approximate surface area is 182 Å². The highest BCUT2D eigenvalue weighted by Gasteiger charge is 2.49. The van der Waals surface area contributed by atoms with Crippen LogP contribution in [0.2, 0.25) is 0 Å². The van der Waals surface area contributed by atoms with Crippen molar-refractivity contribution in [3.8, 4) is 5.88 Å². The van der Waals surface area contributed by atoms with E-state index in [9.17, 15) is 9.90 Å². The van der Waals surface area contributed by atoms with Crippen LogP contribution in [-0.2, 0) is 0 Å². The van der Waals surface area contributed by atoms with Crippen molar-refractivity contribution >= 4 is 17.7 Å². The highest BCUT2D eigenvalue weighted by Crippen LogP contribution is 2.53. The number of nitrogens with one attached hydrogen (secondary N) is 1. The van der Waals surface area contributed by atoms with Gasteiger partial charge in [0.25, 0.3) is 11.8 Å². The Morgan fingerprint density at radius 2 is 1.90 bits per heavy atom. The zero-order valence-corrected chi connectivity index (χ0v) is 18.9. The summed E-state index contributed by atoms with van der Waals surface area (Å²) in [7, 11) is 0. The van der Waals surface area contributed by atoms with Gasteiger partial charge in [0.05, 0.1) is 13.2 Å². The molecule has 0 unspecified atom stereocenters. The maximum atomic E-state index is 13.2. The molecule has 0 atom stereocenters. The molecule has 7 heteroatoms. The predicted octanol–water partition coefficient (Wildman–Crippen LogP) is 4.27. The van der Waals surface area contributed by atoms with Crippen LogP contribution in [0.25, 0.3) is 0 Å². The molecule has 0 aromatic carbocycles. The van der Waals surface area contributed by atoms with E-state index in [1.54, 1.807) is 11.8 Å². The summed E-state index contributed by atoms with van der Waals surface area (Å²) >= 11 is 1.56. The van der Waals surface area contributed by atoms with Gasteiger partial charge in [-0.05, 0) is 73.8 Å². The third-order valence-corrected chi connectivity index (χ3v) is 9.04. The number of hydrogen-bond acceptors (Lipinski definition) is 6. The van der Waals surface area contributed by atoms with Gasteiger partial charge in [-0.25, -0.2) is 0 Å². The van der Waals surface area contributed by atoms with Gasteiger partial charge in [-0.2, -0.15) is 0 Å². The lowest BCUT2D eigenvalue weighted by Crippen LogP contribution is -2.55. The molecule has 5 saturated carbocycles. The third-order valence-electron chi connectivity index (χ3n) is 7.97. The highest BCUT2D eigenvalue weighted by atomic mass is 32.2. The quantitative estimate of drug-likeness (QED) is 0.595. The summed E-state index contributed by atoms with van der Waals surface area (Å²) in [5.74, 6) is 3.51. The van der Waals surface area contributed by atoms with Crippen LogP contribution in [-0.4, -0.2) is 40.7 Å². The standard InChI is InChI=1S/C23H34N2O4S/c1-13(2)30-20-19(29-25-22(20)28-12-23(11-26)4-3-5-23)21(27)24-18-16-7-14-6-15(9-16)10-17(18)8-14/h13-18,26H,3-12H2,1-2H3,(H,24,27). The zero-order chi connectivity index (χ0) is 20.9. The Bertz CT molecular complexity index is 755. The molecule has 0 spiro atoms. The molecular weight excluding hydrogens is 400 g/mol. The Morgan fingerprint density at radius 1 is 1.23 bits per heavy atom. The average Bonchev–Trinajstić information content (AvgIpc) is 3.05. The minimum atomic E-state index is -0.165. The number of carbonyl (C=O) groups is 1. The van der Waals surface area contributed by atoms with E-state index >= 15 is 0 Å². The maximum Gasteiger partial charge on any atom is 0.291 e. The van der Waals surface area contributed by atoms with Gasteiger partial charge >= 0.3 is 0 Å². The molecule has 4 bridgehead atoms. The second-order valence-corrected chi connectivity index (χ2v) is 12.1. The fourth-order valence-corrected chi connectivity index (χ4v) is 7.37. The maximum absolute atomic E-state index is 13.2. The first kappa shape index (κ1) is 20.7. The van der Waals surface area contributed by atoms with E-state index in [2.05, 4.69) is 24.3 Å². The van der Waals surface area contributed by atoms with E-state index in [1.165, 1.54) is 32.1 Å². The van der Waals surface area contributed by atoms with Gasteiger partial charge in [0.2, 0.25) is 5.76 Å². The van der Waals surface area contributed by atoms with Crippen LogP contribution in [0.3, 0.4) is 0 Å². The van der Waals surface area contributed by atoms with E-state index in [4.69, 9.17) is 9.26 Å². The normalized spacial score (nSPS) is 33.5. The Balaban J connectivity index is 1.30. The molecule has 5 aliphatic carbocycles. The number of ether oxygens (including phenoxy) is 1. The van der Waals surface area contributed by atoms with Crippen molar-refractivity contribution in [2.75, 3.05) is 13.2 Å². The fraction of sp³-hybridized carbons (Fsp3) is 0.826.